The Morgan fingerprint density at radius 3 is 2.63 bits per heavy atom. The highest BCUT2D eigenvalue weighted by Gasteiger charge is 2.52. The molecule has 3 aromatic rings. The van der Waals surface area contributed by atoms with Crippen molar-refractivity contribution < 1.29 is 19.4 Å². The van der Waals surface area contributed by atoms with Gasteiger partial charge in [0.2, 0.25) is 12.7 Å². The fourth-order valence-corrected chi connectivity index (χ4v) is 6.10. The van der Waals surface area contributed by atoms with Crippen LogP contribution in [0.25, 0.3) is 0 Å². The first-order valence-electron chi connectivity index (χ1n) is 11.9. The van der Waals surface area contributed by atoms with Gasteiger partial charge in [0.05, 0.1) is 17.6 Å². The number of aliphatic hydroxyl groups excluding tert-OH is 1. The largest absolute Gasteiger partial charge is 0.454 e. The van der Waals surface area contributed by atoms with E-state index in [1.165, 1.54) is 11.3 Å². The molecule has 9 heteroatoms. The lowest BCUT2D eigenvalue weighted by molar-refractivity contribution is -0.118. The van der Waals surface area contributed by atoms with Gasteiger partial charge in [-0.05, 0) is 61.1 Å². The zero-order valence-electron chi connectivity index (χ0n) is 19.1. The van der Waals surface area contributed by atoms with E-state index in [1.54, 1.807) is 0 Å². The van der Waals surface area contributed by atoms with Gasteiger partial charge < -0.3 is 19.9 Å². The number of anilines is 1. The minimum atomic E-state index is -0.550. The average Bonchev–Trinajstić information content (AvgIpc) is 3.33. The number of amides is 1. The van der Waals surface area contributed by atoms with Crippen LogP contribution in [-0.4, -0.2) is 46.9 Å². The van der Waals surface area contributed by atoms with Crippen LogP contribution < -0.4 is 14.8 Å². The van der Waals surface area contributed by atoms with Crippen molar-refractivity contribution in [3.8, 4) is 11.5 Å². The molecule has 1 aliphatic carbocycles. The van der Waals surface area contributed by atoms with E-state index in [4.69, 9.17) is 21.1 Å². The standard InChI is InChI=1S/C26H26ClN3O4S/c27-18-4-1-16(2-5-18)23(30-11-7-19(31)8-12-30)22-14-28-25(35-22)29-24(32)26(9-10-26)17-3-6-20-21(13-17)34-15-33-20/h1-6,13-14,19,23,31H,7-12,15H2,(H,28,29,32). The number of hydrogen-bond acceptors (Lipinski definition) is 7. The molecule has 6 rings (SSSR count). The molecule has 3 aliphatic rings. The number of ether oxygens (including phenoxy) is 2. The zero-order valence-corrected chi connectivity index (χ0v) is 20.6. The summed E-state index contributed by atoms with van der Waals surface area (Å²) in [6, 6.07) is 13.6. The van der Waals surface area contributed by atoms with Gasteiger partial charge in [-0.3, -0.25) is 9.69 Å². The molecule has 3 heterocycles. The fourth-order valence-electron chi connectivity index (χ4n) is 5.00. The van der Waals surface area contributed by atoms with Crippen LogP contribution in [0.1, 0.15) is 47.7 Å². The highest BCUT2D eigenvalue weighted by Crippen LogP contribution is 2.51. The summed E-state index contributed by atoms with van der Waals surface area (Å²) >= 11 is 7.64. The van der Waals surface area contributed by atoms with Crippen molar-refractivity contribution >= 4 is 34.0 Å². The number of benzene rings is 2. The first-order valence-corrected chi connectivity index (χ1v) is 13.1. The number of aliphatic hydroxyl groups is 1. The number of hydrogen-bond donors (Lipinski definition) is 2. The third-order valence-electron chi connectivity index (χ3n) is 7.17. The minimum Gasteiger partial charge on any atom is -0.454 e. The van der Waals surface area contributed by atoms with Crippen molar-refractivity contribution in [2.24, 2.45) is 0 Å². The molecular weight excluding hydrogens is 486 g/mol. The first-order chi connectivity index (χ1) is 17.0. The number of fused-ring (bicyclic) bond motifs is 1. The molecule has 1 aromatic heterocycles. The Balaban J connectivity index is 1.23. The predicted octanol–water partition coefficient (Wildman–Crippen LogP) is 4.74. The summed E-state index contributed by atoms with van der Waals surface area (Å²) in [6.45, 7) is 1.80. The van der Waals surface area contributed by atoms with Crippen molar-refractivity contribution in [1.82, 2.24) is 9.88 Å². The summed E-state index contributed by atoms with van der Waals surface area (Å²) in [6.07, 6.45) is 4.67. The van der Waals surface area contributed by atoms with Crippen molar-refractivity contribution in [3.05, 3.63) is 69.7 Å². The molecule has 0 spiro atoms. The van der Waals surface area contributed by atoms with E-state index in [1.807, 2.05) is 48.7 Å². The Morgan fingerprint density at radius 2 is 1.89 bits per heavy atom. The quantitative estimate of drug-likeness (QED) is 0.497. The van der Waals surface area contributed by atoms with Crippen LogP contribution in [0.15, 0.2) is 48.7 Å². The van der Waals surface area contributed by atoms with E-state index in [9.17, 15) is 9.90 Å². The molecule has 0 bridgehead atoms. The number of thiazole rings is 1. The maximum absolute atomic E-state index is 13.4. The van der Waals surface area contributed by atoms with Gasteiger partial charge in [-0.15, -0.1) is 0 Å². The van der Waals surface area contributed by atoms with E-state index < -0.39 is 5.41 Å². The van der Waals surface area contributed by atoms with Gasteiger partial charge in [0.15, 0.2) is 16.6 Å². The maximum Gasteiger partial charge on any atom is 0.236 e. The predicted molar refractivity (Wildman–Crippen MR) is 134 cm³/mol. The molecule has 1 saturated carbocycles. The van der Waals surface area contributed by atoms with E-state index in [-0.39, 0.29) is 24.8 Å². The number of carbonyl (C=O) groups excluding carboxylic acids is 1. The number of rotatable bonds is 6. The molecule has 0 radical (unpaired) electrons. The van der Waals surface area contributed by atoms with Crippen molar-refractivity contribution in [2.75, 3.05) is 25.2 Å². The first kappa shape index (κ1) is 22.8. The molecule has 182 valence electrons. The fraction of sp³-hybridized carbons (Fsp3) is 0.385. The molecule has 7 nitrogen and oxygen atoms in total. The number of piperidine rings is 1. The third kappa shape index (κ3) is 4.40. The van der Waals surface area contributed by atoms with E-state index in [0.29, 0.717) is 21.7 Å². The molecule has 1 saturated heterocycles. The molecule has 1 atom stereocenters. The van der Waals surface area contributed by atoms with Crippen LogP contribution in [0.3, 0.4) is 0 Å². The molecule has 2 N–H and O–H groups in total. The number of nitrogens with zero attached hydrogens (tertiary/aromatic N) is 2. The number of likely N-dealkylation sites (tertiary alicyclic amines) is 1. The second kappa shape index (κ2) is 9.09. The van der Waals surface area contributed by atoms with E-state index in [0.717, 1.165) is 54.8 Å². The maximum atomic E-state index is 13.4. The molecule has 2 aromatic carbocycles. The summed E-state index contributed by atoms with van der Waals surface area (Å²) < 4.78 is 10.9. The summed E-state index contributed by atoms with van der Waals surface area (Å²) in [5, 5.41) is 14.4. The highest BCUT2D eigenvalue weighted by molar-refractivity contribution is 7.15. The summed E-state index contributed by atoms with van der Waals surface area (Å²) in [5.41, 5.74) is 1.51. The Bertz CT molecular complexity index is 1240. The molecule has 1 unspecified atom stereocenters. The summed E-state index contributed by atoms with van der Waals surface area (Å²) in [4.78, 5) is 21.3. The minimum absolute atomic E-state index is 0.00772. The number of aromatic nitrogens is 1. The van der Waals surface area contributed by atoms with Crippen molar-refractivity contribution in [1.29, 1.82) is 0 Å². The van der Waals surface area contributed by atoms with Crippen LogP contribution in [0.2, 0.25) is 5.02 Å². The van der Waals surface area contributed by atoms with Crippen molar-refractivity contribution in [2.45, 2.75) is 43.2 Å². The molecular formula is C26H26ClN3O4S. The molecule has 2 fully saturated rings. The average molecular weight is 512 g/mol. The Kier molecular flexibility index (Phi) is 5.92. The summed E-state index contributed by atoms with van der Waals surface area (Å²) in [5.74, 6) is 1.37. The Hall–Kier alpha value is -2.65. The molecule has 1 amide bonds. The smallest absolute Gasteiger partial charge is 0.236 e. The number of carbonyl (C=O) groups is 1. The second-order valence-corrected chi connectivity index (χ2v) is 10.9. The van der Waals surface area contributed by atoms with Crippen LogP contribution in [0.4, 0.5) is 5.13 Å². The molecule has 2 aliphatic heterocycles. The SMILES string of the molecule is O=C(Nc1ncc(C(c2ccc(Cl)cc2)N2CCC(O)CC2)s1)C1(c2ccc3c(c2)OCO3)CC1. The lowest BCUT2D eigenvalue weighted by Crippen LogP contribution is -2.38. The second-order valence-electron chi connectivity index (χ2n) is 9.39. The van der Waals surface area contributed by atoms with Gasteiger partial charge in [-0.1, -0.05) is 41.1 Å². The topological polar surface area (TPSA) is 83.9 Å². The van der Waals surface area contributed by atoms with Crippen LogP contribution in [0, 0.1) is 0 Å². The van der Waals surface area contributed by atoms with Crippen LogP contribution in [0.5, 0.6) is 11.5 Å². The van der Waals surface area contributed by atoms with E-state index in [2.05, 4.69) is 15.2 Å². The Labute approximate surface area is 212 Å². The van der Waals surface area contributed by atoms with Gasteiger partial charge in [0.1, 0.15) is 0 Å². The normalized spacial score (nSPS) is 19.9. The lowest BCUT2D eigenvalue weighted by Gasteiger charge is -2.36. The monoisotopic (exact) mass is 511 g/mol. The zero-order chi connectivity index (χ0) is 24.0. The lowest BCUT2D eigenvalue weighted by atomic mass is 9.94. The van der Waals surface area contributed by atoms with Gasteiger partial charge >= 0.3 is 0 Å². The van der Waals surface area contributed by atoms with Crippen LogP contribution >= 0.6 is 22.9 Å². The van der Waals surface area contributed by atoms with Crippen molar-refractivity contribution in [3.63, 3.8) is 0 Å². The van der Waals surface area contributed by atoms with Gasteiger partial charge in [0.25, 0.3) is 0 Å². The van der Waals surface area contributed by atoms with Gasteiger partial charge in [-0.2, -0.15) is 0 Å². The van der Waals surface area contributed by atoms with Gasteiger partial charge in [-0.25, -0.2) is 4.98 Å². The third-order valence-corrected chi connectivity index (χ3v) is 8.39. The van der Waals surface area contributed by atoms with Gasteiger partial charge in [0, 0.05) is 29.2 Å². The highest BCUT2D eigenvalue weighted by atomic mass is 35.5. The Morgan fingerprint density at radius 1 is 1.14 bits per heavy atom. The van der Waals surface area contributed by atoms with E-state index >= 15 is 0 Å². The number of halogens is 1. The summed E-state index contributed by atoms with van der Waals surface area (Å²) in [7, 11) is 0. The molecule has 35 heavy (non-hydrogen) atoms. The number of nitrogens with one attached hydrogen (secondary N) is 1. The van der Waals surface area contributed by atoms with Crippen LogP contribution in [-0.2, 0) is 10.2 Å².